The van der Waals surface area contributed by atoms with Crippen LogP contribution in [0.3, 0.4) is 0 Å². The molecule has 1 rings (SSSR count). The second kappa shape index (κ2) is 5.16. The monoisotopic (exact) mass is 212 g/mol. The Bertz CT molecular complexity index is 399. The van der Waals surface area contributed by atoms with E-state index < -0.39 is 11.5 Å². The summed E-state index contributed by atoms with van der Waals surface area (Å²) in [6.45, 7) is 0.967. The fraction of sp³-hybridized carbons (Fsp3) is 0.333. The van der Waals surface area contributed by atoms with Crippen molar-refractivity contribution in [2.45, 2.75) is 0 Å². The Labute approximate surface area is 85.9 Å². The zero-order valence-corrected chi connectivity index (χ0v) is 8.24. The standard InChI is InChI=1S/C9H12N2O4/c1-15-3-2-10-7-4-6(9(13)14)5-8(12)11-7/h4-5H,2-3H2,1H3,(H,13,14)(H2,10,11,12). The molecule has 3 N–H and O–H groups in total. The van der Waals surface area contributed by atoms with E-state index in [1.165, 1.54) is 6.07 Å². The van der Waals surface area contributed by atoms with Gasteiger partial charge in [0.2, 0.25) is 5.56 Å². The summed E-state index contributed by atoms with van der Waals surface area (Å²) in [5.74, 6) is -0.757. The van der Waals surface area contributed by atoms with Gasteiger partial charge in [0.1, 0.15) is 5.82 Å². The van der Waals surface area contributed by atoms with Crippen LogP contribution in [0.25, 0.3) is 0 Å². The van der Waals surface area contributed by atoms with Crippen LogP contribution in [-0.2, 0) is 4.74 Å². The van der Waals surface area contributed by atoms with Gasteiger partial charge in [0, 0.05) is 19.7 Å². The van der Waals surface area contributed by atoms with Crippen molar-refractivity contribution in [1.82, 2.24) is 4.98 Å². The molecule has 6 heteroatoms. The van der Waals surface area contributed by atoms with Crippen LogP contribution < -0.4 is 10.9 Å². The minimum absolute atomic E-state index is 0.0429. The Morgan fingerprint density at radius 1 is 1.60 bits per heavy atom. The van der Waals surface area contributed by atoms with Crippen molar-refractivity contribution in [3.8, 4) is 0 Å². The highest BCUT2D eigenvalue weighted by Crippen LogP contribution is 2.03. The van der Waals surface area contributed by atoms with Gasteiger partial charge in [-0.15, -0.1) is 0 Å². The lowest BCUT2D eigenvalue weighted by molar-refractivity contribution is 0.0696. The topological polar surface area (TPSA) is 91.4 Å². The molecule has 0 fully saturated rings. The molecule has 0 aliphatic carbocycles. The molecule has 15 heavy (non-hydrogen) atoms. The third-order valence-corrected chi connectivity index (χ3v) is 1.71. The van der Waals surface area contributed by atoms with Crippen LogP contribution in [-0.4, -0.2) is 36.3 Å². The molecule has 0 unspecified atom stereocenters. The van der Waals surface area contributed by atoms with Crippen molar-refractivity contribution in [3.05, 3.63) is 28.0 Å². The molecule has 1 aromatic rings. The summed E-state index contributed by atoms with van der Waals surface area (Å²) in [5, 5.41) is 11.5. The summed E-state index contributed by atoms with van der Waals surface area (Å²) in [6.07, 6.45) is 0. The predicted octanol–water partition coefficient (Wildman–Crippen LogP) is 0.131. The molecule has 0 saturated carbocycles. The van der Waals surface area contributed by atoms with Crippen LogP contribution in [0.2, 0.25) is 0 Å². The molecule has 0 aliphatic rings. The molecule has 0 amide bonds. The number of hydrogen-bond donors (Lipinski definition) is 3. The number of carboxylic acid groups (broad SMARTS) is 1. The number of carbonyl (C=O) groups is 1. The molecule has 0 aliphatic heterocycles. The first-order valence-corrected chi connectivity index (χ1v) is 4.34. The molecule has 0 spiro atoms. The Kier molecular flexibility index (Phi) is 3.87. The lowest BCUT2D eigenvalue weighted by Crippen LogP contribution is -2.15. The molecule has 6 nitrogen and oxygen atoms in total. The van der Waals surface area contributed by atoms with Gasteiger partial charge in [0.25, 0.3) is 0 Å². The first kappa shape index (κ1) is 11.3. The van der Waals surface area contributed by atoms with Gasteiger partial charge >= 0.3 is 5.97 Å². The molecule has 0 atom stereocenters. The number of anilines is 1. The summed E-state index contributed by atoms with van der Waals surface area (Å²) in [6, 6.07) is 2.39. The van der Waals surface area contributed by atoms with Crippen molar-refractivity contribution >= 4 is 11.8 Å². The highest BCUT2D eigenvalue weighted by Gasteiger charge is 2.05. The Balaban J connectivity index is 2.80. The number of rotatable bonds is 5. The van der Waals surface area contributed by atoms with Crippen LogP contribution in [0.15, 0.2) is 16.9 Å². The van der Waals surface area contributed by atoms with Crippen molar-refractivity contribution in [3.63, 3.8) is 0 Å². The second-order valence-corrected chi connectivity index (χ2v) is 2.87. The van der Waals surface area contributed by atoms with Crippen LogP contribution in [0.4, 0.5) is 5.82 Å². The van der Waals surface area contributed by atoms with E-state index >= 15 is 0 Å². The summed E-state index contributed by atoms with van der Waals surface area (Å²) < 4.78 is 4.80. The van der Waals surface area contributed by atoms with Crippen LogP contribution in [0.5, 0.6) is 0 Å². The molecule has 1 heterocycles. The van der Waals surface area contributed by atoms with Crippen molar-refractivity contribution in [2.24, 2.45) is 0 Å². The highest BCUT2D eigenvalue weighted by molar-refractivity contribution is 5.88. The average molecular weight is 212 g/mol. The van der Waals surface area contributed by atoms with E-state index in [1.807, 2.05) is 0 Å². The summed E-state index contributed by atoms with van der Waals surface area (Å²) in [5.41, 5.74) is -0.492. The zero-order chi connectivity index (χ0) is 11.3. The number of nitrogens with one attached hydrogen (secondary N) is 2. The maximum atomic E-state index is 11.1. The van der Waals surface area contributed by atoms with Crippen molar-refractivity contribution in [2.75, 3.05) is 25.6 Å². The number of aromatic carboxylic acids is 1. The largest absolute Gasteiger partial charge is 0.478 e. The number of aromatic amines is 1. The van der Waals surface area contributed by atoms with Crippen LogP contribution >= 0.6 is 0 Å². The van der Waals surface area contributed by atoms with E-state index in [0.29, 0.717) is 19.0 Å². The molecular weight excluding hydrogens is 200 g/mol. The lowest BCUT2D eigenvalue weighted by atomic mass is 10.2. The maximum absolute atomic E-state index is 11.1. The quantitative estimate of drug-likeness (QED) is 0.603. The fourth-order valence-electron chi connectivity index (χ4n) is 1.05. The average Bonchev–Trinajstić information content (AvgIpc) is 2.17. The molecule has 0 radical (unpaired) electrons. The number of H-pyrrole nitrogens is 1. The molecule has 0 aromatic carbocycles. The Hall–Kier alpha value is -1.82. The predicted molar refractivity (Wildman–Crippen MR) is 54.4 cm³/mol. The number of methoxy groups -OCH3 is 1. The van der Waals surface area contributed by atoms with Gasteiger partial charge in [-0.25, -0.2) is 4.79 Å². The third kappa shape index (κ3) is 3.43. The number of carboxylic acids is 1. The van der Waals surface area contributed by atoms with Gasteiger partial charge in [0.05, 0.1) is 12.2 Å². The highest BCUT2D eigenvalue weighted by atomic mass is 16.5. The Morgan fingerprint density at radius 2 is 2.33 bits per heavy atom. The minimum Gasteiger partial charge on any atom is -0.478 e. The summed E-state index contributed by atoms with van der Waals surface area (Å²) >= 11 is 0. The summed E-state index contributed by atoms with van der Waals surface area (Å²) in [4.78, 5) is 24.2. The number of aromatic nitrogens is 1. The maximum Gasteiger partial charge on any atom is 0.336 e. The van der Waals surface area contributed by atoms with Gasteiger partial charge in [-0.2, -0.15) is 0 Å². The number of pyridine rings is 1. The van der Waals surface area contributed by atoms with E-state index in [4.69, 9.17) is 9.84 Å². The van der Waals surface area contributed by atoms with E-state index in [-0.39, 0.29) is 5.56 Å². The third-order valence-electron chi connectivity index (χ3n) is 1.71. The van der Waals surface area contributed by atoms with Crippen LogP contribution in [0, 0.1) is 0 Å². The molecule has 0 bridgehead atoms. The Morgan fingerprint density at radius 3 is 2.93 bits per heavy atom. The second-order valence-electron chi connectivity index (χ2n) is 2.87. The number of ether oxygens (including phenoxy) is 1. The fourth-order valence-corrected chi connectivity index (χ4v) is 1.05. The van der Waals surface area contributed by atoms with E-state index in [9.17, 15) is 9.59 Å². The van der Waals surface area contributed by atoms with Gasteiger partial charge in [-0.05, 0) is 6.07 Å². The molecular formula is C9H12N2O4. The number of hydrogen-bond acceptors (Lipinski definition) is 4. The molecule has 1 aromatic heterocycles. The van der Waals surface area contributed by atoms with Gasteiger partial charge in [-0.1, -0.05) is 0 Å². The van der Waals surface area contributed by atoms with Gasteiger partial charge in [-0.3, -0.25) is 4.79 Å². The van der Waals surface area contributed by atoms with Gasteiger partial charge in [0.15, 0.2) is 0 Å². The minimum atomic E-state index is -1.13. The first-order chi connectivity index (χ1) is 7.13. The SMILES string of the molecule is COCCNc1cc(C(=O)O)cc(=O)[nH]1. The van der Waals surface area contributed by atoms with E-state index in [2.05, 4.69) is 10.3 Å². The van der Waals surface area contributed by atoms with Crippen LogP contribution in [0.1, 0.15) is 10.4 Å². The smallest absolute Gasteiger partial charge is 0.336 e. The molecule has 0 saturated heterocycles. The first-order valence-electron chi connectivity index (χ1n) is 4.34. The zero-order valence-electron chi connectivity index (χ0n) is 8.24. The lowest BCUT2D eigenvalue weighted by Gasteiger charge is -2.05. The van der Waals surface area contributed by atoms with Gasteiger partial charge < -0.3 is 20.1 Å². The molecule has 82 valence electrons. The van der Waals surface area contributed by atoms with E-state index in [1.54, 1.807) is 7.11 Å². The van der Waals surface area contributed by atoms with E-state index in [0.717, 1.165) is 6.07 Å². The van der Waals surface area contributed by atoms with Crippen molar-refractivity contribution in [1.29, 1.82) is 0 Å². The van der Waals surface area contributed by atoms with Crippen molar-refractivity contribution < 1.29 is 14.6 Å². The summed E-state index contributed by atoms with van der Waals surface area (Å²) in [7, 11) is 1.55. The normalized spacial score (nSPS) is 9.93.